The van der Waals surface area contributed by atoms with E-state index >= 15 is 0 Å². The molecule has 168 valence electrons. The zero-order chi connectivity index (χ0) is 22.7. The third kappa shape index (κ3) is 4.95. The van der Waals surface area contributed by atoms with Crippen molar-refractivity contribution in [3.05, 3.63) is 64.3 Å². The minimum Gasteiger partial charge on any atom is -0.496 e. The van der Waals surface area contributed by atoms with Crippen molar-refractivity contribution in [1.29, 1.82) is 0 Å². The van der Waals surface area contributed by atoms with E-state index in [0.29, 0.717) is 24.0 Å². The third-order valence-corrected chi connectivity index (χ3v) is 6.04. The molecule has 1 unspecified atom stereocenters. The fraction of sp³-hybridized carbons (Fsp3) is 0.360. The Kier molecular flexibility index (Phi) is 6.77. The van der Waals surface area contributed by atoms with Crippen LogP contribution >= 0.6 is 12.2 Å². The molecule has 2 heterocycles. The maximum Gasteiger partial charge on any atom is 0.276 e. The molecule has 1 amide bonds. The standard InChI is InChI=1S/C25H28N2O4S/c1-16-6-7-17(2)23(11-16)31-15-19-12-18(8-9-22(19)29-3)13-21-24(28)27(25(32)26-21)14-20-5-4-10-30-20/h6-9,11-13,20H,4-5,10,14-15H2,1-3H3,(H,26,32)/b21-13+. The quantitative estimate of drug-likeness (QED) is 0.504. The maximum absolute atomic E-state index is 12.9. The van der Waals surface area contributed by atoms with E-state index in [9.17, 15) is 4.79 Å². The Morgan fingerprint density at radius 1 is 1.22 bits per heavy atom. The second-order valence-corrected chi connectivity index (χ2v) is 8.55. The minimum atomic E-state index is -0.130. The van der Waals surface area contributed by atoms with Crippen LogP contribution in [0.4, 0.5) is 0 Å². The third-order valence-electron chi connectivity index (χ3n) is 5.71. The molecule has 7 heteroatoms. The van der Waals surface area contributed by atoms with E-state index in [1.807, 2.05) is 50.3 Å². The van der Waals surface area contributed by atoms with Crippen molar-refractivity contribution in [3.8, 4) is 11.5 Å². The van der Waals surface area contributed by atoms with Gasteiger partial charge in [0.1, 0.15) is 23.8 Å². The first kappa shape index (κ1) is 22.3. The van der Waals surface area contributed by atoms with E-state index in [2.05, 4.69) is 11.4 Å². The fourth-order valence-corrected chi connectivity index (χ4v) is 4.18. The molecular formula is C25H28N2O4S. The largest absolute Gasteiger partial charge is 0.496 e. The van der Waals surface area contributed by atoms with Gasteiger partial charge in [0.05, 0.1) is 19.8 Å². The van der Waals surface area contributed by atoms with Gasteiger partial charge in [0.2, 0.25) is 0 Å². The highest BCUT2D eigenvalue weighted by Gasteiger charge is 2.33. The lowest BCUT2D eigenvalue weighted by molar-refractivity contribution is -0.123. The number of hydrogen-bond donors (Lipinski definition) is 1. The first-order chi connectivity index (χ1) is 15.4. The minimum absolute atomic E-state index is 0.0490. The molecule has 0 aromatic heterocycles. The summed E-state index contributed by atoms with van der Waals surface area (Å²) in [5.74, 6) is 1.45. The van der Waals surface area contributed by atoms with Crippen LogP contribution in [0, 0.1) is 13.8 Å². The molecule has 2 aromatic rings. The van der Waals surface area contributed by atoms with Crippen molar-refractivity contribution < 1.29 is 19.0 Å². The van der Waals surface area contributed by atoms with Crippen molar-refractivity contribution in [1.82, 2.24) is 10.2 Å². The van der Waals surface area contributed by atoms with Crippen molar-refractivity contribution >= 4 is 29.3 Å². The summed E-state index contributed by atoms with van der Waals surface area (Å²) in [6, 6.07) is 11.9. The highest BCUT2D eigenvalue weighted by Crippen LogP contribution is 2.26. The summed E-state index contributed by atoms with van der Waals surface area (Å²) in [7, 11) is 1.64. The van der Waals surface area contributed by atoms with Gasteiger partial charge in [0.15, 0.2) is 5.11 Å². The lowest BCUT2D eigenvalue weighted by Crippen LogP contribution is -2.37. The number of benzene rings is 2. The van der Waals surface area contributed by atoms with E-state index < -0.39 is 0 Å². The second kappa shape index (κ2) is 9.71. The Balaban J connectivity index is 1.51. The number of carbonyl (C=O) groups excluding carboxylic acids is 1. The van der Waals surface area contributed by atoms with Crippen molar-refractivity contribution in [2.45, 2.75) is 39.4 Å². The number of nitrogens with zero attached hydrogens (tertiary/aromatic N) is 1. The highest BCUT2D eigenvalue weighted by molar-refractivity contribution is 7.80. The average Bonchev–Trinajstić information content (AvgIpc) is 3.39. The van der Waals surface area contributed by atoms with Gasteiger partial charge in [-0.3, -0.25) is 9.69 Å². The number of nitrogens with one attached hydrogen (secondary N) is 1. The molecular weight excluding hydrogens is 424 g/mol. The zero-order valence-electron chi connectivity index (χ0n) is 18.6. The van der Waals surface area contributed by atoms with E-state index in [-0.39, 0.29) is 12.0 Å². The SMILES string of the molecule is COc1ccc(/C=C2/NC(=S)N(CC3CCCO3)C2=O)cc1COc1cc(C)ccc1C. The summed E-state index contributed by atoms with van der Waals surface area (Å²) in [5, 5.41) is 3.47. The second-order valence-electron chi connectivity index (χ2n) is 8.17. The van der Waals surface area contributed by atoms with Crippen LogP contribution in [0.15, 0.2) is 42.1 Å². The van der Waals surface area contributed by atoms with Gasteiger partial charge in [-0.15, -0.1) is 0 Å². The summed E-state index contributed by atoms with van der Waals surface area (Å²) in [6.07, 6.45) is 3.83. The summed E-state index contributed by atoms with van der Waals surface area (Å²) in [4.78, 5) is 14.5. The highest BCUT2D eigenvalue weighted by atomic mass is 32.1. The van der Waals surface area contributed by atoms with Gasteiger partial charge in [0.25, 0.3) is 5.91 Å². The van der Waals surface area contributed by atoms with E-state index in [1.165, 1.54) is 0 Å². The zero-order valence-corrected chi connectivity index (χ0v) is 19.5. The van der Waals surface area contributed by atoms with Crippen LogP contribution in [0.1, 0.15) is 35.1 Å². The van der Waals surface area contributed by atoms with E-state index in [1.54, 1.807) is 12.0 Å². The molecule has 2 aliphatic rings. The monoisotopic (exact) mass is 452 g/mol. The molecule has 4 rings (SSSR count). The van der Waals surface area contributed by atoms with E-state index in [4.69, 9.17) is 26.4 Å². The molecule has 0 bridgehead atoms. The molecule has 6 nitrogen and oxygen atoms in total. The predicted molar refractivity (Wildman–Crippen MR) is 128 cm³/mol. The Hall–Kier alpha value is -2.90. The number of ether oxygens (including phenoxy) is 3. The average molecular weight is 453 g/mol. The number of aryl methyl sites for hydroxylation is 2. The molecule has 1 N–H and O–H groups in total. The van der Waals surface area contributed by atoms with Crippen molar-refractivity contribution in [2.24, 2.45) is 0 Å². The molecule has 2 aromatic carbocycles. The smallest absolute Gasteiger partial charge is 0.276 e. The van der Waals surface area contributed by atoms with Crippen molar-refractivity contribution in [3.63, 3.8) is 0 Å². The normalized spacial score (nSPS) is 19.5. The Morgan fingerprint density at radius 3 is 2.81 bits per heavy atom. The summed E-state index contributed by atoms with van der Waals surface area (Å²) >= 11 is 5.39. The van der Waals surface area contributed by atoms with Gasteiger partial charge in [-0.25, -0.2) is 0 Å². The first-order valence-electron chi connectivity index (χ1n) is 10.8. The molecule has 0 radical (unpaired) electrons. The predicted octanol–water partition coefficient (Wildman–Crippen LogP) is 4.13. The van der Waals surface area contributed by atoms with Gasteiger partial charge in [-0.1, -0.05) is 18.2 Å². The van der Waals surface area contributed by atoms with Crippen LogP contribution in [-0.4, -0.2) is 42.3 Å². The number of thiocarbonyl (C=S) groups is 1. The van der Waals surface area contributed by atoms with Crippen LogP contribution < -0.4 is 14.8 Å². The molecule has 1 atom stereocenters. The molecule has 2 aliphatic heterocycles. The number of methoxy groups -OCH3 is 1. The summed E-state index contributed by atoms with van der Waals surface area (Å²) < 4.78 is 17.2. The molecule has 2 saturated heterocycles. The Labute approximate surface area is 194 Å². The lowest BCUT2D eigenvalue weighted by atomic mass is 10.1. The Morgan fingerprint density at radius 2 is 2.06 bits per heavy atom. The topological polar surface area (TPSA) is 60.0 Å². The van der Waals surface area contributed by atoms with Gasteiger partial charge in [-0.05, 0) is 79.9 Å². The summed E-state index contributed by atoms with van der Waals surface area (Å²) in [6.45, 7) is 5.65. The van der Waals surface area contributed by atoms with E-state index in [0.717, 1.165) is 53.2 Å². The van der Waals surface area contributed by atoms with Gasteiger partial charge in [-0.2, -0.15) is 0 Å². The van der Waals surface area contributed by atoms with Crippen LogP contribution in [0.2, 0.25) is 0 Å². The number of amides is 1. The first-order valence-corrected chi connectivity index (χ1v) is 11.2. The molecule has 0 spiro atoms. The molecule has 2 fully saturated rings. The lowest BCUT2D eigenvalue weighted by Gasteiger charge is -2.18. The molecule has 0 saturated carbocycles. The van der Waals surface area contributed by atoms with Gasteiger partial charge >= 0.3 is 0 Å². The number of rotatable bonds is 7. The Bertz CT molecular complexity index is 1060. The number of carbonyl (C=O) groups is 1. The fourth-order valence-electron chi connectivity index (χ4n) is 3.92. The van der Waals surface area contributed by atoms with Crippen LogP contribution in [0.3, 0.4) is 0 Å². The molecule has 0 aliphatic carbocycles. The van der Waals surface area contributed by atoms with Gasteiger partial charge in [0, 0.05) is 12.2 Å². The maximum atomic E-state index is 12.9. The van der Waals surface area contributed by atoms with Crippen LogP contribution in [0.5, 0.6) is 11.5 Å². The van der Waals surface area contributed by atoms with Crippen LogP contribution in [0.25, 0.3) is 6.08 Å². The summed E-state index contributed by atoms with van der Waals surface area (Å²) in [5.41, 5.74) is 4.44. The number of hydrogen-bond acceptors (Lipinski definition) is 5. The van der Waals surface area contributed by atoms with Gasteiger partial charge < -0.3 is 19.5 Å². The molecule has 32 heavy (non-hydrogen) atoms. The van der Waals surface area contributed by atoms with Crippen molar-refractivity contribution in [2.75, 3.05) is 20.3 Å². The van der Waals surface area contributed by atoms with Crippen LogP contribution in [-0.2, 0) is 16.1 Å².